The Bertz CT molecular complexity index is 972. The summed E-state index contributed by atoms with van der Waals surface area (Å²) in [7, 11) is 0. The van der Waals surface area contributed by atoms with E-state index in [1.807, 2.05) is 0 Å². The Balaban J connectivity index is 2.02. The van der Waals surface area contributed by atoms with Crippen LogP contribution in [0.5, 0.6) is 0 Å². The van der Waals surface area contributed by atoms with Crippen LogP contribution in [0.4, 0.5) is 25.1 Å². The lowest BCUT2D eigenvalue weighted by Crippen LogP contribution is -2.52. The van der Waals surface area contributed by atoms with Gasteiger partial charge in [0.05, 0.1) is 30.7 Å². The van der Waals surface area contributed by atoms with E-state index in [1.54, 1.807) is 0 Å². The second-order valence-corrected chi connectivity index (χ2v) is 6.90. The maximum Gasteiger partial charge on any atom is 0.407 e. The van der Waals surface area contributed by atoms with Gasteiger partial charge >= 0.3 is 6.09 Å². The van der Waals surface area contributed by atoms with Gasteiger partial charge < -0.3 is 21.1 Å². The molecular weight excluding hydrogens is 398 g/mol. The van der Waals surface area contributed by atoms with Crippen molar-refractivity contribution < 1.29 is 23.5 Å². The van der Waals surface area contributed by atoms with Crippen molar-refractivity contribution in [2.45, 2.75) is 24.9 Å². The van der Waals surface area contributed by atoms with Crippen LogP contribution >= 0.6 is 0 Å². The number of nitrogens with zero attached hydrogens (tertiary/aromatic N) is 4. The van der Waals surface area contributed by atoms with E-state index in [0.717, 1.165) is 4.90 Å². The van der Waals surface area contributed by atoms with Gasteiger partial charge in [-0.3, -0.25) is 13.9 Å². The molecule has 158 valence electrons. The molecule has 4 N–H and O–H groups in total. The zero-order chi connectivity index (χ0) is 21.8. The number of anilines is 2. The van der Waals surface area contributed by atoms with Crippen LogP contribution in [0.1, 0.15) is 29.2 Å². The highest BCUT2D eigenvalue weighted by molar-refractivity contribution is 5.98. The van der Waals surface area contributed by atoms with Crippen LogP contribution in [0, 0.1) is 23.1 Å². The Kier molecular flexibility index (Phi) is 6.15. The van der Waals surface area contributed by atoms with Gasteiger partial charge in [-0.25, -0.2) is 9.18 Å². The van der Waals surface area contributed by atoms with Crippen LogP contribution in [0.2, 0.25) is 0 Å². The average Bonchev–Trinajstić information content (AvgIpc) is 3.13. The fraction of sp³-hybridized carbons (Fsp3) is 0.368. The number of piperidine rings is 1. The first-order valence-electron chi connectivity index (χ1n) is 9.22. The summed E-state index contributed by atoms with van der Waals surface area (Å²) >= 11 is 0. The van der Waals surface area contributed by atoms with Crippen molar-refractivity contribution in [3.8, 4) is 6.07 Å². The van der Waals surface area contributed by atoms with Crippen molar-refractivity contribution >= 4 is 23.5 Å². The molecule has 3 atom stereocenters. The largest absolute Gasteiger partial charge is 0.465 e. The highest BCUT2D eigenvalue weighted by Gasteiger charge is 2.42. The number of nitriles is 1. The van der Waals surface area contributed by atoms with Crippen LogP contribution in [-0.2, 0) is 0 Å². The summed E-state index contributed by atoms with van der Waals surface area (Å²) in [5.41, 5.74) is 5.89. The number of hydrogen-bond acceptors (Lipinski definition) is 5. The van der Waals surface area contributed by atoms with Gasteiger partial charge in [0.2, 0.25) is 0 Å². The highest BCUT2D eigenvalue weighted by Crippen LogP contribution is 2.36. The quantitative estimate of drug-likeness (QED) is 0.659. The molecular formula is C19H20F2N6O3. The normalized spacial score (nSPS) is 21.1. The smallest absolute Gasteiger partial charge is 0.407 e. The Morgan fingerprint density at radius 1 is 1.37 bits per heavy atom. The van der Waals surface area contributed by atoms with E-state index >= 15 is 0 Å². The van der Waals surface area contributed by atoms with Gasteiger partial charge in [0.25, 0.3) is 5.91 Å². The minimum absolute atomic E-state index is 0.00228. The number of likely N-dealkylation sites (tertiary alicyclic amines) is 1. The van der Waals surface area contributed by atoms with Crippen molar-refractivity contribution in [3.05, 3.63) is 41.8 Å². The molecule has 3 unspecified atom stereocenters. The van der Waals surface area contributed by atoms with Crippen molar-refractivity contribution in [1.82, 2.24) is 14.7 Å². The molecule has 0 saturated carbocycles. The van der Waals surface area contributed by atoms with E-state index in [-0.39, 0.29) is 30.8 Å². The summed E-state index contributed by atoms with van der Waals surface area (Å²) in [6.07, 6.45) is 0.214. The van der Waals surface area contributed by atoms with Crippen LogP contribution in [0.3, 0.4) is 0 Å². The summed E-state index contributed by atoms with van der Waals surface area (Å²) in [6.45, 7) is -0.687. The zero-order valence-electron chi connectivity index (χ0n) is 15.8. The lowest BCUT2D eigenvalue weighted by Gasteiger charge is -2.41. The Hall–Kier alpha value is -3.68. The number of benzene rings is 1. The molecule has 0 radical (unpaired) electrons. The van der Waals surface area contributed by atoms with Gasteiger partial charge in [-0.1, -0.05) is 0 Å². The zero-order valence-corrected chi connectivity index (χ0v) is 15.8. The average molecular weight is 418 g/mol. The molecule has 1 fully saturated rings. The number of nitrogens with one attached hydrogen (secondary N) is 1. The number of nitrogens with two attached hydrogens (primary N) is 1. The molecule has 11 heteroatoms. The van der Waals surface area contributed by atoms with E-state index in [1.165, 1.54) is 35.1 Å². The number of carbonyl (C=O) groups excluding carboxylic acids is 1. The highest BCUT2D eigenvalue weighted by atomic mass is 19.1. The topological polar surface area (TPSA) is 137 Å². The molecule has 0 aliphatic carbocycles. The first-order valence-corrected chi connectivity index (χ1v) is 9.22. The first kappa shape index (κ1) is 21.0. The molecule has 0 bridgehead atoms. The lowest BCUT2D eigenvalue weighted by atomic mass is 9.85. The third-order valence-corrected chi connectivity index (χ3v) is 5.11. The van der Waals surface area contributed by atoms with Crippen molar-refractivity contribution in [1.29, 1.82) is 5.26 Å². The summed E-state index contributed by atoms with van der Waals surface area (Å²) in [5.74, 6) is -1.82. The van der Waals surface area contributed by atoms with E-state index in [2.05, 4.69) is 16.5 Å². The third kappa shape index (κ3) is 4.17. The monoisotopic (exact) mass is 418 g/mol. The molecule has 1 aliphatic heterocycles. The molecule has 1 aromatic carbocycles. The van der Waals surface area contributed by atoms with E-state index in [0.29, 0.717) is 5.69 Å². The molecule has 3 rings (SSSR count). The van der Waals surface area contributed by atoms with Gasteiger partial charge in [-0.2, -0.15) is 10.4 Å². The van der Waals surface area contributed by atoms with Gasteiger partial charge in [0, 0.05) is 18.4 Å². The van der Waals surface area contributed by atoms with Crippen molar-refractivity contribution in [2.75, 3.05) is 18.5 Å². The number of amides is 2. The van der Waals surface area contributed by atoms with Crippen LogP contribution in [0.15, 0.2) is 30.5 Å². The molecule has 2 heterocycles. The van der Waals surface area contributed by atoms with Crippen molar-refractivity contribution in [3.63, 3.8) is 0 Å². The van der Waals surface area contributed by atoms with E-state index in [9.17, 15) is 28.7 Å². The van der Waals surface area contributed by atoms with Gasteiger partial charge in [0.1, 0.15) is 11.4 Å². The van der Waals surface area contributed by atoms with E-state index in [4.69, 9.17) is 5.73 Å². The van der Waals surface area contributed by atoms with Gasteiger partial charge in [-0.05, 0) is 37.1 Å². The number of carbonyl (C=O) groups is 2. The summed E-state index contributed by atoms with van der Waals surface area (Å²) in [6, 6.07) is 5.80. The first-order chi connectivity index (χ1) is 14.3. The maximum atomic E-state index is 13.2. The molecule has 1 aliphatic rings. The van der Waals surface area contributed by atoms with Crippen molar-refractivity contribution in [2.24, 2.45) is 11.7 Å². The Labute approximate surface area is 170 Å². The summed E-state index contributed by atoms with van der Waals surface area (Å²) in [4.78, 5) is 24.7. The minimum atomic E-state index is -1.22. The van der Waals surface area contributed by atoms with Gasteiger partial charge in [0.15, 0.2) is 5.82 Å². The van der Waals surface area contributed by atoms with Crippen LogP contribution < -0.4 is 11.1 Å². The number of primary amides is 1. The summed E-state index contributed by atoms with van der Waals surface area (Å²) in [5, 5.41) is 26.3. The Morgan fingerprint density at radius 2 is 2.07 bits per heavy atom. The molecule has 2 amide bonds. The molecule has 30 heavy (non-hydrogen) atoms. The SMILES string of the molecule is N#CC1CCN(C(=O)O)C(CCF)C1n1cc(C(N)=O)c(Nc2ccc(F)cc2)n1. The fourth-order valence-electron chi connectivity index (χ4n) is 3.73. The number of hydrogen-bond donors (Lipinski definition) is 3. The summed E-state index contributed by atoms with van der Waals surface area (Å²) < 4.78 is 27.7. The van der Waals surface area contributed by atoms with E-state index < -0.39 is 42.5 Å². The predicted octanol–water partition coefficient (Wildman–Crippen LogP) is 2.66. The number of rotatable bonds is 6. The number of alkyl halides is 1. The number of halogens is 2. The maximum absolute atomic E-state index is 13.2. The molecule has 0 spiro atoms. The minimum Gasteiger partial charge on any atom is -0.465 e. The fourth-order valence-corrected chi connectivity index (χ4v) is 3.73. The molecule has 2 aromatic rings. The lowest BCUT2D eigenvalue weighted by molar-refractivity contribution is 0.0546. The standard InChI is InChI=1S/C19H20F2N6O3/c20-7-5-15-16(11(9-22)6-8-26(15)19(29)30)27-10-14(17(23)28)18(25-27)24-13-3-1-12(21)2-4-13/h1-4,10-11,15-16H,5-8H2,(H2,23,28)(H,24,25)(H,29,30). The second-order valence-electron chi connectivity index (χ2n) is 6.90. The second kappa shape index (κ2) is 8.77. The van der Waals surface area contributed by atoms with Gasteiger partial charge in [-0.15, -0.1) is 0 Å². The third-order valence-electron chi connectivity index (χ3n) is 5.11. The molecule has 1 saturated heterocycles. The predicted molar refractivity (Wildman–Crippen MR) is 102 cm³/mol. The molecule has 9 nitrogen and oxygen atoms in total. The van der Waals surface area contributed by atoms with Crippen LogP contribution in [0.25, 0.3) is 0 Å². The molecule has 1 aromatic heterocycles. The number of carboxylic acid groups (broad SMARTS) is 1. The Morgan fingerprint density at radius 3 is 2.63 bits per heavy atom. The number of aromatic nitrogens is 2. The van der Waals surface area contributed by atoms with Crippen LogP contribution in [-0.4, -0.2) is 51.0 Å².